The van der Waals surface area contributed by atoms with E-state index in [4.69, 9.17) is 5.73 Å². The Kier molecular flexibility index (Phi) is 11.0. The number of hydrogen-bond donors (Lipinski definition) is 7. The van der Waals surface area contributed by atoms with E-state index in [0.717, 1.165) is 0 Å². The molecule has 0 aliphatic heterocycles. The fraction of sp³-hybridized carbons (Fsp3) is 0.458. The second-order valence-electron chi connectivity index (χ2n) is 8.59. The molecular weight excluding hydrogens is 468 g/mol. The quantitative estimate of drug-likeness (QED) is 0.172. The summed E-state index contributed by atoms with van der Waals surface area (Å²) in [5, 5.41) is 26.7. The summed E-state index contributed by atoms with van der Waals surface area (Å²) in [4.78, 5) is 56.9. The fourth-order valence-electron chi connectivity index (χ4n) is 3.39. The van der Waals surface area contributed by atoms with Crippen molar-refractivity contribution in [1.29, 1.82) is 0 Å². The number of nitrogens with zero attached hydrogens (tertiary/aromatic N) is 1. The van der Waals surface area contributed by atoms with E-state index in [2.05, 4.69) is 25.9 Å². The molecule has 196 valence electrons. The van der Waals surface area contributed by atoms with Gasteiger partial charge >= 0.3 is 5.97 Å². The molecule has 1 aromatic carbocycles. The number of imidazole rings is 1. The average molecular weight is 503 g/mol. The van der Waals surface area contributed by atoms with Gasteiger partial charge in [0.2, 0.25) is 17.7 Å². The van der Waals surface area contributed by atoms with Crippen molar-refractivity contribution in [2.45, 2.75) is 57.3 Å². The zero-order chi connectivity index (χ0) is 26.7. The van der Waals surface area contributed by atoms with Crippen molar-refractivity contribution < 1.29 is 29.4 Å². The maximum atomic E-state index is 13.1. The highest BCUT2D eigenvalue weighted by atomic mass is 16.4. The Morgan fingerprint density at radius 2 is 1.58 bits per heavy atom. The van der Waals surface area contributed by atoms with Crippen LogP contribution in [0.4, 0.5) is 0 Å². The smallest absolute Gasteiger partial charge is 0.326 e. The molecule has 12 heteroatoms. The Labute approximate surface area is 209 Å². The maximum absolute atomic E-state index is 13.1. The van der Waals surface area contributed by atoms with Crippen LogP contribution < -0.4 is 21.7 Å². The van der Waals surface area contributed by atoms with Gasteiger partial charge in [-0.05, 0) is 11.5 Å². The molecular formula is C24H34N6O6. The molecule has 8 N–H and O–H groups in total. The minimum absolute atomic E-state index is 0.0340. The summed E-state index contributed by atoms with van der Waals surface area (Å²) in [6, 6.07) is 4.09. The topological polar surface area (TPSA) is 200 Å². The van der Waals surface area contributed by atoms with Crippen molar-refractivity contribution >= 4 is 23.7 Å². The lowest BCUT2D eigenvalue weighted by Crippen LogP contribution is -2.59. The number of nitrogens with two attached hydrogens (primary N) is 1. The number of rotatable bonds is 14. The SMILES string of the molecule is CCC(C)C(N)C(=O)NC(CO)C(=O)NC(Cc1cnc[nH]1)C(=O)NC(Cc1ccccc1)C(=O)O. The molecule has 0 spiro atoms. The van der Waals surface area contributed by atoms with Gasteiger partial charge in [0.25, 0.3) is 0 Å². The van der Waals surface area contributed by atoms with Crippen LogP contribution in [0.15, 0.2) is 42.9 Å². The monoisotopic (exact) mass is 502 g/mol. The molecule has 36 heavy (non-hydrogen) atoms. The van der Waals surface area contributed by atoms with Gasteiger partial charge in [-0.2, -0.15) is 0 Å². The minimum Gasteiger partial charge on any atom is -0.480 e. The van der Waals surface area contributed by atoms with Crippen LogP contribution in [0.1, 0.15) is 31.5 Å². The van der Waals surface area contributed by atoms with Gasteiger partial charge in [0.1, 0.15) is 18.1 Å². The summed E-state index contributed by atoms with van der Waals surface area (Å²) >= 11 is 0. The predicted molar refractivity (Wildman–Crippen MR) is 130 cm³/mol. The number of hydrogen-bond acceptors (Lipinski definition) is 7. The first-order valence-corrected chi connectivity index (χ1v) is 11.7. The van der Waals surface area contributed by atoms with Gasteiger partial charge in [0.15, 0.2) is 0 Å². The molecule has 0 aliphatic carbocycles. The van der Waals surface area contributed by atoms with E-state index in [9.17, 15) is 29.4 Å². The van der Waals surface area contributed by atoms with Crippen LogP contribution in [0, 0.1) is 5.92 Å². The number of aliphatic carboxylic acids is 1. The molecule has 12 nitrogen and oxygen atoms in total. The zero-order valence-electron chi connectivity index (χ0n) is 20.3. The number of nitrogens with one attached hydrogen (secondary N) is 4. The van der Waals surface area contributed by atoms with E-state index in [1.54, 1.807) is 37.3 Å². The lowest BCUT2D eigenvalue weighted by atomic mass is 9.99. The second-order valence-corrected chi connectivity index (χ2v) is 8.59. The zero-order valence-corrected chi connectivity index (χ0v) is 20.3. The number of carboxylic acid groups (broad SMARTS) is 1. The number of amides is 3. The fourth-order valence-corrected chi connectivity index (χ4v) is 3.39. The lowest BCUT2D eigenvalue weighted by Gasteiger charge is -2.25. The molecule has 3 amide bonds. The molecule has 0 bridgehead atoms. The standard InChI is InChI=1S/C24H34N6O6/c1-3-14(2)20(25)23(34)30-19(12-31)22(33)28-17(10-16-11-26-13-27-16)21(32)29-18(24(35)36)9-15-7-5-4-6-8-15/h4-8,11,13-14,17-20,31H,3,9-10,12,25H2,1-2H3,(H,26,27)(H,28,33)(H,29,32)(H,30,34)(H,35,36). The van der Waals surface area contributed by atoms with Gasteiger partial charge < -0.3 is 36.9 Å². The van der Waals surface area contributed by atoms with Gasteiger partial charge in [-0.15, -0.1) is 0 Å². The summed E-state index contributed by atoms with van der Waals surface area (Å²) in [6.07, 6.45) is 3.50. The molecule has 0 aliphatic rings. The molecule has 2 rings (SSSR count). The highest BCUT2D eigenvalue weighted by Crippen LogP contribution is 2.07. The Bertz CT molecular complexity index is 1000. The van der Waals surface area contributed by atoms with Gasteiger partial charge in [-0.3, -0.25) is 14.4 Å². The molecule has 5 atom stereocenters. The maximum Gasteiger partial charge on any atom is 0.326 e. The number of aliphatic hydroxyl groups is 1. The van der Waals surface area contributed by atoms with E-state index in [1.165, 1.54) is 12.5 Å². The third kappa shape index (κ3) is 8.47. The minimum atomic E-state index is -1.36. The molecule has 0 saturated heterocycles. The largest absolute Gasteiger partial charge is 0.480 e. The summed E-state index contributed by atoms with van der Waals surface area (Å²) in [7, 11) is 0. The van der Waals surface area contributed by atoms with Gasteiger partial charge in [0, 0.05) is 24.7 Å². The van der Waals surface area contributed by atoms with Crippen molar-refractivity contribution in [2.75, 3.05) is 6.61 Å². The predicted octanol–water partition coefficient (Wildman–Crippen LogP) is -0.900. The first-order chi connectivity index (χ1) is 17.2. The summed E-state index contributed by atoms with van der Waals surface area (Å²) in [5.74, 6) is -3.57. The molecule has 1 heterocycles. The highest BCUT2D eigenvalue weighted by Gasteiger charge is 2.31. The number of aromatic nitrogens is 2. The lowest BCUT2D eigenvalue weighted by molar-refractivity contribution is -0.142. The molecule has 0 fully saturated rings. The van der Waals surface area contributed by atoms with E-state index < -0.39 is 54.5 Å². The van der Waals surface area contributed by atoms with E-state index in [-0.39, 0.29) is 18.8 Å². The van der Waals surface area contributed by atoms with Crippen LogP contribution >= 0.6 is 0 Å². The normalized spacial score (nSPS) is 15.1. The number of carboxylic acids is 1. The third-order valence-corrected chi connectivity index (χ3v) is 5.88. The van der Waals surface area contributed by atoms with E-state index in [0.29, 0.717) is 17.7 Å². The molecule has 2 aromatic rings. The molecule has 5 unspecified atom stereocenters. The Morgan fingerprint density at radius 3 is 2.14 bits per heavy atom. The second kappa shape index (κ2) is 14.0. The average Bonchev–Trinajstić information content (AvgIpc) is 3.38. The third-order valence-electron chi connectivity index (χ3n) is 5.88. The molecule has 0 saturated carbocycles. The Balaban J connectivity index is 2.15. The summed E-state index contributed by atoms with van der Waals surface area (Å²) in [5.41, 5.74) is 7.12. The highest BCUT2D eigenvalue weighted by molar-refractivity contribution is 5.94. The van der Waals surface area contributed by atoms with Crippen LogP contribution in [0.25, 0.3) is 0 Å². The number of aromatic amines is 1. The number of aliphatic hydroxyl groups excluding tert-OH is 1. The van der Waals surface area contributed by atoms with Crippen LogP contribution in [-0.4, -0.2) is 74.6 Å². The Hall–Kier alpha value is -3.77. The first-order valence-electron chi connectivity index (χ1n) is 11.7. The van der Waals surface area contributed by atoms with Crippen molar-refractivity contribution in [3.8, 4) is 0 Å². The number of H-pyrrole nitrogens is 1. The van der Waals surface area contributed by atoms with Crippen molar-refractivity contribution in [3.05, 3.63) is 54.1 Å². The number of benzene rings is 1. The molecule has 1 aromatic heterocycles. The Morgan fingerprint density at radius 1 is 0.972 bits per heavy atom. The number of carbonyl (C=O) groups excluding carboxylic acids is 3. The van der Waals surface area contributed by atoms with Gasteiger partial charge in [-0.1, -0.05) is 50.6 Å². The summed E-state index contributed by atoms with van der Waals surface area (Å²) < 4.78 is 0. The van der Waals surface area contributed by atoms with Crippen molar-refractivity contribution in [1.82, 2.24) is 25.9 Å². The van der Waals surface area contributed by atoms with Crippen molar-refractivity contribution in [2.24, 2.45) is 11.7 Å². The molecule has 0 radical (unpaired) electrons. The van der Waals surface area contributed by atoms with Crippen LogP contribution in [0.2, 0.25) is 0 Å². The van der Waals surface area contributed by atoms with Crippen molar-refractivity contribution in [3.63, 3.8) is 0 Å². The number of carbonyl (C=O) groups is 4. The van der Waals surface area contributed by atoms with Crippen LogP contribution in [0.5, 0.6) is 0 Å². The van der Waals surface area contributed by atoms with Gasteiger partial charge in [-0.25, -0.2) is 9.78 Å². The van der Waals surface area contributed by atoms with Gasteiger partial charge in [0.05, 0.1) is 19.0 Å². The summed E-state index contributed by atoms with van der Waals surface area (Å²) in [6.45, 7) is 2.93. The first kappa shape index (κ1) is 28.5. The van der Waals surface area contributed by atoms with E-state index >= 15 is 0 Å². The van der Waals surface area contributed by atoms with Crippen LogP contribution in [0.3, 0.4) is 0 Å². The van der Waals surface area contributed by atoms with Crippen LogP contribution in [-0.2, 0) is 32.0 Å². The van der Waals surface area contributed by atoms with E-state index in [1.807, 2.05) is 6.92 Å².